The number of halogens is 2. The summed E-state index contributed by atoms with van der Waals surface area (Å²) in [4.78, 5) is 13.5. The zero-order valence-corrected chi connectivity index (χ0v) is 34.1. The Labute approximate surface area is 333 Å². The number of aryl methyl sites for hydroxylation is 1. The van der Waals surface area contributed by atoms with E-state index in [1.807, 2.05) is 0 Å². The Bertz CT molecular complexity index is 1200. The van der Waals surface area contributed by atoms with E-state index in [4.69, 9.17) is 9.47 Å². The maximum absolute atomic E-state index is 13.6. The number of nitrogens with zero attached hydrogens (tertiary/aromatic N) is 4. The van der Waals surface area contributed by atoms with E-state index in [1.165, 1.54) is 56.0 Å². The minimum atomic E-state index is -1.68. The average molecular weight is 807 g/mol. The molecule has 0 bridgehead atoms. The predicted octanol–water partition coefficient (Wildman–Crippen LogP) is 5.60. The number of rotatable bonds is 31. The van der Waals surface area contributed by atoms with E-state index in [9.17, 15) is 44.2 Å². The lowest BCUT2D eigenvalue weighted by Gasteiger charge is -2.40. The topological polar surface area (TPSA) is 193 Å². The maximum atomic E-state index is 13.6. The second-order valence-electron chi connectivity index (χ2n) is 16.6. The number of aliphatic hydroxyl groups excluding tert-OH is 6. The van der Waals surface area contributed by atoms with Gasteiger partial charge in [-0.3, -0.25) is 0 Å². The van der Waals surface area contributed by atoms with Gasteiger partial charge in [0.2, 0.25) is 0 Å². The lowest BCUT2D eigenvalue weighted by Crippen LogP contribution is -2.59. The molecule has 2 aliphatic rings. The standard InChI is InChI=1S/C41H76F2N4O9/c1-2-3-4-5-6-7-8-9-10-14-17-20-23-34(49)36(50)33(29-55-40-39(53)38(52)37(51)35(28-48)56-40)47-41(54)46(44-45-47)26-21-18-15-12-11-13-16-19-22-30-24-25-31(42)32(43)27-30/h30-40,48-53H,2-29H2,1H3/t30?,31?,32?,33-,34+,35?,36-,37?,38?,39?,40?/m0/s1. The van der Waals surface area contributed by atoms with Crippen LogP contribution in [0, 0.1) is 5.92 Å². The smallest absolute Gasteiger partial charge is 0.364 e. The molecule has 13 nitrogen and oxygen atoms in total. The molecule has 1 aromatic rings. The minimum Gasteiger partial charge on any atom is -0.394 e. The highest BCUT2D eigenvalue weighted by molar-refractivity contribution is 4.90. The van der Waals surface area contributed by atoms with E-state index in [1.54, 1.807) is 0 Å². The molecule has 2 heterocycles. The molecular weight excluding hydrogens is 730 g/mol. The molecule has 6 N–H and O–H groups in total. The third kappa shape index (κ3) is 16.9. The van der Waals surface area contributed by atoms with Gasteiger partial charge < -0.3 is 40.1 Å². The van der Waals surface area contributed by atoms with Gasteiger partial charge in [0, 0.05) is 6.54 Å². The van der Waals surface area contributed by atoms with Crippen LogP contribution >= 0.6 is 0 Å². The van der Waals surface area contributed by atoms with Crippen LogP contribution in [0.25, 0.3) is 0 Å². The molecule has 15 heteroatoms. The molecule has 0 spiro atoms. The maximum Gasteiger partial charge on any atom is 0.364 e. The summed E-state index contributed by atoms with van der Waals surface area (Å²) in [7, 11) is 0. The molecule has 0 radical (unpaired) electrons. The first-order valence-electron chi connectivity index (χ1n) is 22.2. The van der Waals surface area contributed by atoms with Crippen molar-refractivity contribution in [2.24, 2.45) is 5.92 Å². The number of unbranched alkanes of at least 4 members (excludes halogenated alkanes) is 18. The van der Waals surface area contributed by atoms with Crippen LogP contribution in [0.15, 0.2) is 4.79 Å². The van der Waals surface area contributed by atoms with Gasteiger partial charge in [0.1, 0.15) is 48.9 Å². The number of hydrogen-bond donors (Lipinski definition) is 6. The number of aliphatic hydroxyl groups is 6. The molecule has 0 aromatic carbocycles. The second-order valence-corrected chi connectivity index (χ2v) is 16.6. The number of hydrogen-bond acceptors (Lipinski definition) is 11. The molecule has 8 unspecified atom stereocenters. The normalized spacial score (nSPS) is 27.4. The van der Waals surface area contributed by atoms with Gasteiger partial charge in [-0.15, -0.1) is 0 Å². The van der Waals surface area contributed by atoms with Gasteiger partial charge in [0.05, 0.1) is 19.3 Å². The highest BCUT2D eigenvalue weighted by Crippen LogP contribution is 2.32. The number of tetrazole rings is 1. The number of alkyl halides is 2. The zero-order chi connectivity index (χ0) is 40.7. The lowest BCUT2D eigenvalue weighted by molar-refractivity contribution is -0.304. The first-order chi connectivity index (χ1) is 27.1. The third-order valence-corrected chi connectivity index (χ3v) is 11.9. The Hall–Kier alpha value is -1.59. The van der Waals surface area contributed by atoms with Gasteiger partial charge in [-0.1, -0.05) is 135 Å². The molecule has 2 fully saturated rings. The largest absolute Gasteiger partial charge is 0.394 e. The van der Waals surface area contributed by atoms with Crippen molar-refractivity contribution >= 4 is 0 Å². The molecule has 0 amide bonds. The van der Waals surface area contributed by atoms with Gasteiger partial charge in [-0.25, -0.2) is 13.6 Å². The molecule has 11 atom stereocenters. The first kappa shape index (κ1) is 48.8. The summed E-state index contributed by atoms with van der Waals surface area (Å²) in [5.74, 6) is 0.307. The molecule has 1 saturated heterocycles. The summed E-state index contributed by atoms with van der Waals surface area (Å²) in [5.41, 5.74) is -0.594. The summed E-state index contributed by atoms with van der Waals surface area (Å²) in [6.07, 6.45) is 11.7. The highest BCUT2D eigenvalue weighted by atomic mass is 19.2. The van der Waals surface area contributed by atoms with Crippen LogP contribution in [-0.4, -0.2) is 119 Å². The Morgan fingerprint density at radius 1 is 0.750 bits per heavy atom. The predicted molar refractivity (Wildman–Crippen MR) is 209 cm³/mol. The van der Waals surface area contributed by atoms with Crippen LogP contribution in [0.1, 0.15) is 173 Å². The number of ether oxygens (including phenoxy) is 2. The van der Waals surface area contributed by atoms with Crippen LogP contribution in [0.5, 0.6) is 0 Å². The molecular formula is C41H76F2N4O9. The van der Waals surface area contributed by atoms with E-state index in [2.05, 4.69) is 17.4 Å². The molecule has 328 valence electrons. The van der Waals surface area contributed by atoms with Gasteiger partial charge in [-0.2, -0.15) is 9.36 Å². The van der Waals surface area contributed by atoms with Crippen LogP contribution in [0.3, 0.4) is 0 Å². The van der Waals surface area contributed by atoms with Gasteiger partial charge in [0.25, 0.3) is 0 Å². The Morgan fingerprint density at radius 2 is 1.32 bits per heavy atom. The summed E-state index contributed by atoms with van der Waals surface area (Å²) in [5, 5.41) is 70.8. The van der Waals surface area contributed by atoms with Gasteiger partial charge in [0.15, 0.2) is 6.29 Å². The van der Waals surface area contributed by atoms with Crippen molar-refractivity contribution in [2.75, 3.05) is 13.2 Å². The van der Waals surface area contributed by atoms with Crippen molar-refractivity contribution in [3.8, 4) is 0 Å². The third-order valence-electron chi connectivity index (χ3n) is 11.9. The quantitative estimate of drug-likeness (QED) is 0.0512. The molecule has 1 aliphatic carbocycles. The first-order valence-corrected chi connectivity index (χ1v) is 22.2. The summed E-state index contributed by atoms with van der Waals surface area (Å²) in [6.45, 7) is 1.44. The average Bonchev–Trinajstić information content (AvgIpc) is 3.55. The van der Waals surface area contributed by atoms with Crippen molar-refractivity contribution in [3.63, 3.8) is 0 Å². The summed E-state index contributed by atoms with van der Waals surface area (Å²) >= 11 is 0. The fraction of sp³-hybridized carbons (Fsp3) is 0.976. The van der Waals surface area contributed by atoms with Crippen LogP contribution in [-0.2, 0) is 16.0 Å². The Balaban J connectivity index is 1.44. The summed E-state index contributed by atoms with van der Waals surface area (Å²) in [6, 6.07) is -1.21. The molecule has 56 heavy (non-hydrogen) atoms. The SMILES string of the molecule is CCCCCCCCCCCCCC[C@@H](O)[C@@H](O)[C@H](COC1OC(CO)C(O)C(O)C1O)n1nnn(CCCCCCCCCCC2CCC(F)C(F)C2)c1=O. The lowest BCUT2D eigenvalue weighted by atomic mass is 9.83. The van der Waals surface area contributed by atoms with E-state index in [-0.39, 0.29) is 0 Å². The minimum absolute atomic E-state index is 0.291. The van der Waals surface area contributed by atoms with E-state index in [0.29, 0.717) is 44.6 Å². The Morgan fingerprint density at radius 3 is 1.91 bits per heavy atom. The zero-order valence-electron chi connectivity index (χ0n) is 34.1. The fourth-order valence-electron chi connectivity index (χ4n) is 8.15. The number of aromatic nitrogens is 4. The van der Waals surface area contributed by atoms with Crippen LogP contribution in [0.2, 0.25) is 0 Å². The second kappa shape index (κ2) is 28.0. The fourth-order valence-corrected chi connectivity index (χ4v) is 8.15. The molecule has 1 aromatic heterocycles. The van der Waals surface area contributed by atoms with Gasteiger partial charge >= 0.3 is 5.69 Å². The van der Waals surface area contributed by atoms with E-state index in [0.717, 1.165) is 81.7 Å². The molecule has 1 saturated carbocycles. The van der Waals surface area contributed by atoms with E-state index < -0.39 is 80.2 Å². The van der Waals surface area contributed by atoms with Crippen LogP contribution < -0.4 is 5.69 Å². The molecule has 3 rings (SSSR count). The summed E-state index contributed by atoms with van der Waals surface area (Å²) < 4.78 is 40.4. The van der Waals surface area contributed by atoms with Crippen LogP contribution in [0.4, 0.5) is 8.78 Å². The van der Waals surface area contributed by atoms with Crippen molar-refractivity contribution in [2.45, 2.75) is 235 Å². The van der Waals surface area contributed by atoms with E-state index >= 15 is 0 Å². The van der Waals surface area contributed by atoms with Crippen molar-refractivity contribution in [1.82, 2.24) is 19.8 Å². The van der Waals surface area contributed by atoms with Gasteiger partial charge in [-0.05, 0) is 48.4 Å². The Kier molecular flexibility index (Phi) is 24.4. The van der Waals surface area contributed by atoms with Crippen molar-refractivity contribution in [1.29, 1.82) is 0 Å². The molecule has 1 aliphatic heterocycles. The highest BCUT2D eigenvalue weighted by Gasteiger charge is 2.45. The van der Waals surface area contributed by atoms with Crippen molar-refractivity contribution < 1.29 is 48.9 Å². The van der Waals surface area contributed by atoms with Crippen molar-refractivity contribution in [3.05, 3.63) is 10.5 Å². The monoisotopic (exact) mass is 807 g/mol.